The van der Waals surface area contributed by atoms with Crippen molar-refractivity contribution in [2.24, 2.45) is 5.41 Å². The molecule has 4 nitrogen and oxygen atoms in total. The van der Waals surface area contributed by atoms with Crippen LogP contribution in [0.2, 0.25) is 0 Å². The molecule has 1 aliphatic rings. The minimum atomic E-state index is -1.02. The first-order valence-corrected chi connectivity index (χ1v) is 8.75. The lowest BCUT2D eigenvalue weighted by Gasteiger charge is -2.29. The number of hydrogen-bond acceptors (Lipinski definition) is 3. The molecular weight excluding hydrogens is 345 g/mol. The molecule has 0 spiro atoms. The van der Waals surface area contributed by atoms with E-state index in [1.165, 1.54) is 17.0 Å². The van der Waals surface area contributed by atoms with Crippen molar-refractivity contribution in [1.82, 2.24) is 0 Å². The molecule has 0 saturated heterocycles. The number of aliphatic hydroxyl groups is 1. The van der Waals surface area contributed by atoms with Crippen LogP contribution in [-0.4, -0.2) is 16.8 Å². The van der Waals surface area contributed by atoms with Gasteiger partial charge in [-0.2, -0.15) is 0 Å². The van der Waals surface area contributed by atoms with E-state index in [1.54, 1.807) is 51.1 Å². The Kier molecular flexibility index (Phi) is 4.64. The quantitative estimate of drug-likeness (QED) is 0.859. The summed E-state index contributed by atoms with van der Waals surface area (Å²) in [5.74, 6) is -2.26. The van der Waals surface area contributed by atoms with Gasteiger partial charge in [-0.05, 0) is 30.7 Å². The van der Waals surface area contributed by atoms with Crippen molar-refractivity contribution in [3.05, 3.63) is 76.8 Å². The van der Waals surface area contributed by atoms with Gasteiger partial charge < -0.3 is 5.11 Å². The second-order valence-electron chi connectivity index (χ2n) is 7.78. The first-order chi connectivity index (χ1) is 12.6. The Morgan fingerprint density at radius 2 is 1.78 bits per heavy atom. The van der Waals surface area contributed by atoms with Gasteiger partial charge in [0.2, 0.25) is 0 Å². The van der Waals surface area contributed by atoms with Crippen molar-refractivity contribution >= 4 is 17.4 Å². The molecule has 0 aliphatic carbocycles. The minimum Gasteiger partial charge on any atom is -0.503 e. The Hall–Kier alpha value is -2.95. The van der Waals surface area contributed by atoms with E-state index in [4.69, 9.17) is 0 Å². The van der Waals surface area contributed by atoms with Crippen LogP contribution in [0.15, 0.2) is 59.9 Å². The molecule has 2 aromatic carbocycles. The molecule has 140 valence electrons. The lowest BCUT2D eigenvalue weighted by atomic mass is 9.82. The SMILES string of the molecule is Cc1cccc(N2C(=O)C(O)=C(C(=O)C(C)(C)C)C2c2ccccc2F)c1. The van der Waals surface area contributed by atoms with Gasteiger partial charge in [0.05, 0.1) is 11.6 Å². The zero-order chi connectivity index (χ0) is 19.9. The second-order valence-corrected chi connectivity index (χ2v) is 7.78. The van der Waals surface area contributed by atoms with E-state index in [-0.39, 0.29) is 11.1 Å². The topological polar surface area (TPSA) is 57.6 Å². The number of halogens is 1. The normalized spacial score (nSPS) is 17.6. The molecule has 2 aromatic rings. The number of aryl methyl sites for hydroxylation is 1. The standard InChI is InChI=1S/C22H22FNO3/c1-13-8-7-9-14(12-13)24-18(15-10-5-6-11-16(15)23)17(19(25)21(24)27)20(26)22(2,3)4/h5-12,18,25H,1-4H3. The molecule has 1 N–H and O–H groups in total. The van der Waals surface area contributed by atoms with Crippen LogP contribution >= 0.6 is 0 Å². The van der Waals surface area contributed by atoms with E-state index < -0.39 is 34.7 Å². The summed E-state index contributed by atoms with van der Waals surface area (Å²) in [6.45, 7) is 6.98. The van der Waals surface area contributed by atoms with Gasteiger partial charge in [0.1, 0.15) is 5.82 Å². The molecule has 0 aromatic heterocycles. The lowest BCUT2D eigenvalue weighted by Crippen LogP contribution is -2.33. The molecule has 5 heteroatoms. The molecule has 3 rings (SSSR count). The summed E-state index contributed by atoms with van der Waals surface area (Å²) in [5.41, 5.74) is 0.665. The predicted octanol–water partition coefficient (Wildman–Crippen LogP) is 4.65. The fourth-order valence-electron chi connectivity index (χ4n) is 3.28. The Bertz CT molecular complexity index is 956. The third-order valence-corrected chi connectivity index (χ3v) is 4.61. The fraction of sp³-hybridized carbons (Fsp3) is 0.273. The number of ketones is 1. The highest BCUT2D eigenvalue weighted by Crippen LogP contribution is 2.44. The molecule has 1 atom stereocenters. The Morgan fingerprint density at radius 3 is 2.37 bits per heavy atom. The van der Waals surface area contributed by atoms with Crippen LogP contribution in [0.5, 0.6) is 0 Å². The first kappa shape index (κ1) is 18.8. The number of Topliss-reactive ketones (excluding diaryl/α,β-unsaturated/α-hetero) is 1. The van der Waals surface area contributed by atoms with Crippen LogP contribution < -0.4 is 4.90 Å². The molecule has 0 saturated carbocycles. The molecule has 0 bridgehead atoms. The van der Waals surface area contributed by atoms with Gasteiger partial charge in [-0.3, -0.25) is 14.5 Å². The van der Waals surface area contributed by atoms with Crippen molar-refractivity contribution in [3.63, 3.8) is 0 Å². The maximum Gasteiger partial charge on any atom is 0.294 e. The number of nitrogens with zero attached hydrogens (tertiary/aromatic N) is 1. The fourth-order valence-corrected chi connectivity index (χ4v) is 3.28. The van der Waals surface area contributed by atoms with E-state index in [0.29, 0.717) is 5.69 Å². The highest BCUT2D eigenvalue weighted by Gasteiger charge is 2.47. The lowest BCUT2D eigenvalue weighted by molar-refractivity contribution is -0.123. The van der Waals surface area contributed by atoms with Gasteiger partial charge in [0.25, 0.3) is 5.91 Å². The first-order valence-electron chi connectivity index (χ1n) is 8.75. The maximum absolute atomic E-state index is 14.6. The average molecular weight is 367 g/mol. The van der Waals surface area contributed by atoms with Gasteiger partial charge in [-0.15, -0.1) is 0 Å². The number of benzene rings is 2. The molecule has 1 aliphatic heterocycles. The summed E-state index contributed by atoms with van der Waals surface area (Å²) in [6, 6.07) is 12.1. The number of hydrogen-bond donors (Lipinski definition) is 1. The van der Waals surface area contributed by atoms with E-state index in [2.05, 4.69) is 0 Å². The Labute approximate surface area is 157 Å². The van der Waals surface area contributed by atoms with Crippen molar-refractivity contribution < 1.29 is 19.1 Å². The van der Waals surface area contributed by atoms with Crippen LogP contribution in [-0.2, 0) is 9.59 Å². The number of aliphatic hydroxyl groups excluding tert-OH is 1. The van der Waals surface area contributed by atoms with Gasteiger partial charge in [0, 0.05) is 16.7 Å². The summed E-state index contributed by atoms with van der Waals surface area (Å²) in [4.78, 5) is 27.2. The minimum absolute atomic E-state index is 0.0703. The zero-order valence-electron chi connectivity index (χ0n) is 15.8. The van der Waals surface area contributed by atoms with Crippen LogP contribution in [0.4, 0.5) is 10.1 Å². The van der Waals surface area contributed by atoms with E-state index in [0.717, 1.165) is 5.56 Å². The summed E-state index contributed by atoms with van der Waals surface area (Å²) in [5, 5.41) is 10.6. The number of amides is 1. The van der Waals surface area contributed by atoms with Crippen LogP contribution in [0.1, 0.15) is 37.9 Å². The summed E-state index contributed by atoms with van der Waals surface area (Å²) >= 11 is 0. The van der Waals surface area contributed by atoms with Gasteiger partial charge in [0.15, 0.2) is 11.5 Å². The van der Waals surface area contributed by atoms with Crippen LogP contribution in [0, 0.1) is 18.2 Å². The van der Waals surface area contributed by atoms with Crippen molar-refractivity contribution in [1.29, 1.82) is 0 Å². The third kappa shape index (κ3) is 3.25. The molecule has 27 heavy (non-hydrogen) atoms. The van der Waals surface area contributed by atoms with Crippen molar-refractivity contribution in [2.45, 2.75) is 33.7 Å². The molecule has 1 amide bonds. The Morgan fingerprint density at radius 1 is 1.11 bits per heavy atom. The molecule has 1 unspecified atom stereocenters. The maximum atomic E-state index is 14.6. The third-order valence-electron chi connectivity index (χ3n) is 4.61. The van der Waals surface area contributed by atoms with Crippen molar-refractivity contribution in [3.8, 4) is 0 Å². The number of carbonyl (C=O) groups excluding carboxylic acids is 2. The van der Waals surface area contributed by atoms with E-state index >= 15 is 0 Å². The monoisotopic (exact) mass is 367 g/mol. The van der Waals surface area contributed by atoms with Crippen molar-refractivity contribution in [2.75, 3.05) is 4.90 Å². The average Bonchev–Trinajstić information content (AvgIpc) is 2.85. The smallest absolute Gasteiger partial charge is 0.294 e. The second kappa shape index (κ2) is 6.65. The molecule has 0 radical (unpaired) electrons. The van der Waals surface area contributed by atoms with E-state index in [9.17, 15) is 19.1 Å². The number of anilines is 1. The van der Waals surface area contributed by atoms with Gasteiger partial charge in [-0.1, -0.05) is 51.1 Å². The largest absolute Gasteiger partial charge is 0.503 e. The van der Waals surface area contributed by atoms with Gasteiger partial charge >= 0.3 is 0 Å². The number of carbonyl (C=O) groups is 2. The molecule has 0 fully saturated rings. The highest BCUT2D eigenvalue weighted by atomic mass is 19.1. The molecular formula is C22H22FNO3. The molecule has 1 heterocycles. The van der Waals surface area contributed by atoms with Crippen LogP contribution in [0.25, 0.3) is 0 Å². The van der Waals surface area contributed by atoms with E-state index in [1.807, 2.05) is 13.0 Å². The highest BCUT2D eigenvalue weighted by molar-refractivity contribution is 6.17. The summed E-state index contributed by atoms with van der Waals surface area (Å²) < 4.78 is 14.6. The zero-order valence-corrected chi connectivity index (χ0v) is 15.8. The predicted molar refractivity (Wildman–Crippen MR) is 102 cm³/mol. The van der Waals surface area contributed by atoms with Crippen LogP contribution in [0.3, 0.4) is 0 Å². The summed E-state index contributed by atoms with van der Waals surface area (Å²) in [6.07, 6.45) is 0. The number of rotatable bonds is 3. The Balaban J connectivity index is 2.25. The van der Waals surface area contributed by atoms with Gasteiger partial charge in [-0.25, -0.2) is 4.39 Å². The summed E-state index contributed by atoms with van der Waals surface area (Å²) in [7, 11) is 0.